The Morgan fingerprint density at radius 1 is 0.810 bits per heavy atom. The predicted molar refractivity (Wildman–Crippen MR) is 164 cm³/mol. The van der Waals surface area contributed by atoms with Gasteiger partial charge in [0.25, 0.3) is 5.91 Å². The molecule has 0 bridgehead atoms. The number of nitrogens with zero attached hydrogens (tertiary/aromatic N) is 3. The molecule has 42 heavy (non-hydrogen) atoms. The maximum absolute atomic E-state index is 14.5. The molecule has 2 heterocycles. The van der Waals surface area contributed by atoms with Crippen molar-refractivity contribution in [3.05, 3.63) is 114 Å². The van der Waals surface area contributed by atoms with Crippen molar-refractivity contribution in [3.63, 3.8) is 0 Å². The molecule has 0 aliphatic carbocycles. The lowest BCUT2D eigenvalue weighted by atomic mass is 9.97. The summed E-state index contributed by atoms with van der Waals surface area (Å²) in [5.74, 6) is 1.71. The minimum absolute atomic E-state index is 0.228. The molecule has 1 amide bonds. The maximum Gasteiger partial charge on any atom is 0.275 e. The number of benzene rings is 4. The van der Waals surface area contributed by atoms with Crippen molar-refractivity contribution in [2.24, 2.45) is 5.10 Å². The van der Waals surface area contributed by atoms with Gasteiger partial charge in [-0.05, 0) is 71.8 Å². The third-order valence-corrected chi connectivity index (χ3v) is 7.49. The van der Waals surface area contributed by atoms with Crippen LogP contribution in [-0.2, 0) is 0 Å². The molecule has 8 heteroatoms. The van der Waals surface area contributed by atoms with Gasteiger partial charge >= 0.3 is 0 Å². The molecular weight excluding hydrogens is 528 g/mol. The number of nitrogen functional groups attached to an aromatic ring is 1. The minimum atomic E-state index is -0.374. The van der Waals surface area contributed by atoms with E-state index in [2.05, 4.69) is 0 Å². The zero-order valence-corrected chi connectivity index (χ0v) is 23.6. The summed E-state index contributed by atoms with van der Waals surface area (Å²) in [6.45, 7) is 0. The van der Waals surface area contributed by atoms with Crippen molar-refractivity contribution in [2.45, 2.75) is 12.5 Å². The first-order chi connectivity index (χ1) is 20.5. The summed E-state index contributed by atoms with van der Waals surface area (Å²) in [4.78, 5) is 19.4. The van der Waals surface area contributed by atoms with Gasteiger partial charge in [0.1, 0.15) is 5.75 Å². The standard InChI is InChI=1S/C34H30N4O4/c1-40-25-15-10-21(11-16-25)29-19-27(26-6-4-5-7-28(26)36-29)34(39)38-31(23-12-17-32(41-2)33(18-23)42-3)20-30(37-38)22-8-13-24(35)14-9-22/h4-19,31H,20,35H2,1-3H3. The Labute approximate surface area is 244 Å². The molecule has 0 spiro atoms. The summed E-state index contributed by atoms with van der Waals surface area (Å²) >= 11 is 0. The number of amides is 1. The Morgan fingerprint density at radius 3 is 2.24 bits per heavy atom. The van der Waals surface area contributed by atoms with Crippen LogP contribution < -0.4 is 19.9 Å². The summed E-state index contributed by atoms with van der Waals surface area (Å²) in [7, 11) is 4.82. The lowest BCUT2D eigenvalue weighted by Gasteiger charge is -2.24. The Balaban J connectivity index is 1.48. The van der Waals surface area contributed by atoms with E-state index >= 15 is 0 Å². The van der Waals surface area contributed by atoms with Crippen molar-refractivity contribution < 1.29 is 19.0 Å². The van der Waals surface area contributed by atoms with Gasteiger partial charge in [-0.3, -0.25) is 4.79 Å². The number of hydrazone groups is 1. The molecule has 1 aliphatic rings. The number of anilines is 1. The van der Waals surface area contributed by atoms with Gasteiger partial charge in [-0.1, -0.05) is 36.4 Å². The van der Waals surface area contributed by atoms with E-state index in [1.165, 1.54) is 0 Å². The van der Waals surface area contributed by atoms with Crippen LogP contribution in [0.3, 0.4) is 0 Å². The van der Waals surface area contributed by atoms with Crippen LogP contribution in [0.5, 0.6) is 17.2 Å². The van der Waals surface area contributed by atoms with Crippen LogP contribution in [0.15, 0.2) is 102 Å². The highest BCUT2D eigenvalue weighted by atomic mass is 16.5. The lowest BCUT2D eigenvalue weighted by molar-refractivity contribution is 0.0713. The lowest BCUT2D eigenvalue weighted by Crippen LogP contribution is -2.27. The van der Waals surface area contributed by atoms with Gasteiger partial charge in [-0.25, -0.2) is 9.99 Å². The number of para-hydroxylation sites is 1. The van der Waals surface area contributed by atoms with Crippen LogP contribution >= 0.6 is 0 Å². The monoisotopic (exact) mass is 558 g/mol. The van der Waals surface area contributed by atoms with Gasteiger partial charge < -0.3 is 19.9 Å². The number of ether oxygens (including phenoxy) is 3. The largest absolute Gasteiger partial charge is 0.497 e. The first-order valence-corrected chi connectivity index (χ1v) is 13.5. The van der Waals surface area contributed by atoms with E-state index < -0.39 is 0 Å². The molecule has 4 aromatic carbocycles. The van der Waals surface area contributed by atoms with E-state index in [4.69, 9.17) is 30.0 Å². The van der Waals surface area contributed by atoms with Crippen molar-refractivity contribution in [2.75, 3.05) is 27.1 Å². The second-order valence-electron chi connectivity index (χ2n) is 9.95. The Morgan fingerprint density at radius 2 is 1.52 bits per heavy atom. The fourth-order valence-electron chi connectivity index (χ4n) is 5.25. The Bertz CT molecular complexity index is 1800. The molecule has 1 aromatic heterocycles. The number of carbonyl (C=O) groups excluding carboxylic acids is 1. The second kappa shape index (κ2) is 11.2. The van der Waals surface area contributed by atoms with Gasteiger partial charge in [-0.2, -0.15) is 5.10 Å². The van der Waals surface area contributed by atoms with E-state index in [1.54, 1.807) is 26.3 Å². The van der Waals surface area contributed by atoms with Crippen LogP contribution in [0.1, 0.15) is 33.9 Å². The average Bonchev–Trinajstić information content (AvgIpc) is 3.49. The molecule has 8 nitrogen and oxygen atoms in total. The summed E-state index contributed by atoms with van der Waals surface area (Å²) in [6.07, 6.45) is 0.513. The first-order valence-electron chi connectivity index (χ1n) is 13.5. The highest BCUT2D eigenvalue weighted by molar-refractivity contribution is 6.10. The average molecular weight is 559 g/mol. The zero-order chi connectivity index (χ0) is 29.2. The molecular formula is C34H30N4O4. The number of hydrogen-bond donors (Lipinski definition) is 1. The quantitative estimate of drug-likeness (QED) is 0.229. The van der Waals surface area contributed by atoms with Crippen molar-refractivity contribution >= 4 is 28.2 Å². The molecule has 1 aliphatic heterocycles. The highest BCUT2D eigenvalue weighted by Gasteiger charge is 2.35. The third kappa shape index (κ3) is 4.99. The summed E-state index contributed by atoms with van der Waals surface area (Å²) in [5.41, 5.74) is 12.0. The number of pyridine rings is 1. The zero-order valence-electron chi connectivity index (χ0n) is 23.6. The summed E-state index contributed by atoms with van der Waals surface area (Å²) < 4.78 is 16.4. The fraction of sp³-hybridized carbons (Fsp3) is 0.147. The minimum Gasteiger partial charge on any atom is -0.497 e. The number of nitrogens with two attached hydrogens (primary N) is 1. The molecule has 1 unspecified atom stereocenters. The predicted octanol–water partition coefficient (Wildman–Crippen LogP) is 6.50. The molecule has 210 valence electrons. The van der Waals surface area contributed by atoms with E-state index in [9.17, 15) is 4.79 Å². The normalized spacial score (nSPS) is 14.5. The summed E-state index contributed by atoms with van der Waals surface area (Å²) in [6, 6.07) is 30.0. The number of hydrogen-bond acceptors (Lipinski definition) is 7. The smallest absolute Gasteiger partial charge is 0.275 e. The molecule has 1 atom stereocenters. The molecule has 0 fully saturated rings. The number of carbonyl (C=O) groups is 1. The van der Waals surface area contributed by atoms with Gasteiger partial charge in [0, 0.05) is 23.1 Å². The molecule has 0 radical (unpaired) electrons. The Hall–Kier alpha value is -5.37. The van der Waals surface area contributed by atoms with Gasteiger partial charge in [0.15, 0.2) is 11.5 Å². The molecule has 5 aromatic rings. The molecule has 0 saturated carbocycles. The van der Waals surface area contributed by atoms with Gasteiger partial charge in [0.2, 0.25) is 0 Å². The van der Waals surface area contributed by atoms with Gasteiger partial charge in [0.05, 0.1) is 49.9 Å². The molecule has 2 N–H and O–H groups in total. The number of rotatable bonds is 7. The van der Waals surface area contributed by atoms with E-state index in [0.717, 1.165) is 39.1 Å². The second-order valence-corrected chi connectivity index (χ2v) is 9.95. The fourth-order valence-corrected chi connectivity index (χ4v) is 5.25. The van der Waals surface area contributed by atoms with Crippen molar-refractivity contribution in [3.8, 4) is 28.5 Å². The van der Waals surface area contributed by atoms with Crippen LogP contribution in [0, 0.1) is 0 Å². The van der Waals surface area contributed by atoms with Crippen molar-refractivity contribution in [1.82, 2.24) is 9.99 Å². The highest BCUT2D eigenvalue weighted by Crippen LogP contribution is 2.39. The van der Waals surface area contributed by atoms with Crippen LogP contribution in [-0.4, -0.2) is 42.9 Å². The van der Waals surface area contributed by atoms with E-state index in [-0.39, 0.29) is 11.9 Å². The van der Waals surface area contributed by atoms with Gasteiger partial charge in [-0.15, -0.1) is 0 Å². The number of methoxy groups -OCH3 is 3. The SMILES string of the molecule is COc1ccc(-c2cc(C(=O)N3N=C(c4ccc(N)cc4)CC3c3ccc(OC)c(OC)c3)c3ccccc3n2)cc1. The van der Waals surface area contributed by atoms with E-state index in [0.29, 0.717) is 34.9 Å². The van der Waals surface area contributed by atoms with Crippen LogP contribution in [0.25, 0.3) is 22.2 Å². The topological polar surface area (TPSA) is 99.3 Å². The third-order valence-electron chi connectivity index (χ3n) is 7.49. The number of aromatic nitrogens is 1. The Kier molecular flexibility index (Phi) is 7.19. The van der Waals surface area contributed by atoms with Crippen LogP contribution in [0.4, 0.5) is 5.69 Å². The molecule has 6 rings (SSSR count). The number of fused-ring (bicyclic) bond motifs is 1. The maximum atomic E-state index is 14.5. The molecule has 0 saturated heterocycles. The first kappa shape index (κ1) is 26.8. The van der Waals surface area contributed by atoms with E-state index in [1.807, 2.05) is 97.1 Å². The van der Waals surface area contributed by atoms with Crippen LogP contribution in [0.2, 0.25) is 0 Å². The van der Waals surface area contributed by atoms with Crippen molar-refractivity contribution in [1.29, 1.82) is 0 Å². The summed E-state index contributed by atoms with van der Waals surface area (Å²) in [5, 5.41) is 7.23.